The highest BCUT2D eigenvalue weighted by Gasteiger charge is 2.22. The average molecular weight is 256 g/mol. The predicted molar refractivity (Wildman–Crippen MR) is 73.0 cm³/mol. The van der Waals surface area contributed by atoms with Gasteiger partial charge in [-0.05, 0) is 37.5 Å². The van der Waals surface area contributed by atoms with Gasteiger partial charge >= 0.3 is 0 Å². The van der Waals surface area contributed by atoms with Crippen LogP contribution in [0.15, 0.2) is 0 Å². The van der Waals surface area contributed by atoms with Gasteiger partial charge in [0.25, 0.3) is 0 Å². The lowest BCUT2D eigenvalue weighted by Crippen LogP contribution is -2.40. The summed E-state index contributed by atoms with van der Waals surface area (Å²) in [6.45, 7) is 4.21. The van der Waals surface area contributed by atoms with Crippen LogP contribution in [0.4, 0.5) is 0 Å². The van der Waals surface area contributed by atoms with Gasteiger partial charge in [0.15, 0.2) is 0 Å². The normalized spacial score (nSPS) is 26.1. The van der Waals surface area contributed by atoms with E-state index in [9.17, 15) is 9.90 Å². The molecule has 1 saturated carbocycles. The summed E-state index contributed by atoms with van der Waals surface area (Å²) < 4.78 is 0. The van der Waals surface area contributed by atoms with Gasteiger partial charge in [-0.1, -0.05) is 20.3 Å². The molecule has 0 aromatic carbocycles. The first-order valence-electron chi connectivity index (χ1n) is 7.17. The van der Waals surface area contributed by atoms with Gasteiger partial charge in [0.1, 0.15) is 0 Å². The van der Waals surface area contributed by atoms with Crippen molar-refractivity contribution in [1.82, 2.24) is 5.32 Å². The first-order chi connectivity index (χ1) is 8.51. The Morgan fingerprint density at radius 1 is 1.44 bits per heavy atom. The third-order valence-electron chi connectivity index (χ3n) is 3.64. The lowest BCUT2D eigenvalue weighted by Gasteiger charge is -2.27. The van der Waals surface area contributed by atoms with Crippen LogP contribution in [0.3, 0.4) is 0 Å². The highest BCUT2D eigenvalue weighted by atomic mass is 16.3. The lowest BCUT2D eigenvalue weighted by atomic mass is 9.84. The maximum absolute atomic E-state index is 11.9. The molecule has 4 heteroatoms. The molecule has 0 spiro atoms. The SMILES string of the molecule is CC(C)CC(CO)NC(=O)CC1CCCC(N)C1. The van der Waals surface area contributed by atoms with Crippen molar-refractivity contribution in [3.05, 3.63) is 0 Å². The Hall–Kier alpha value is -0.610. The Morgan fingerprint density at radius 3 is 2.72 bits per heavy atom. The van der Waals surface area contributed by atoms with Crippen molar-refractivity contribution >= 4 is 5.91 Å². The van der Waals surface area contributed by atoms with Gasteiger partial charge in [-0.25, -0.2) is 0 Å². The van der Waals surface area contributed by atoms with Gasteiger partial charge in [0.05, 0.1) is 12.6 Å². The van der Waals surface area contributed by atoms with Crippen LogP contribution in [0.5, 0.6) is 0 Å². The number of aliphatic hydroxyl groups is 1. The number of hydrogen-bond acceptors (Lipinski definition) is 3. The summed E-state index contributed by atoms with van der Waals surface area (Å²) in [6.07, 6.45) is 5.67. The fourth-order valence-corrected chi connectivity index (χ4v) is 2.81. The summed E-state index contributed by atoms with van der Waals surface area (Å²) in [5, 5.41) is 12.2. The number of nitrogens with one attached hydrogen (secondary N) is 1. The van der Waals surface area contributed by atoms with Crippen LogP contribution in [0.1, 0.15) is 52.4 Å². The van der Waals surface area contributed by atoms with Crippen LogP contribution in [0.25, 0.3) is 0 Å². The maximum atomic E-state index is 11.9. The van der Waals surface area contributed by atoms with Gasteiger partial charge in [0.2, 0.25) is 5.91 Å². The van der Waals surface area contributed by atoms with Gasteiger partial charge < -0.3 is 16.2 Å². The minimum absolute atomic E-state index is 0.0219. The molecular weight excluding hydrogens is 228 g/mol. The smallest absolute Gasteiger partial charge is 0.220 e. The van der Waals surface area contributed by atoms with Gasteiger partial charge in [-0.3, -0.25) is 4.79 Å². The third kappa shape index (κ3) is 5.83. The Labute approximate surface area is 110 Å². The minimum atomic E-state index is -0.102. The Kier molecular flexibility index (Phi) is 6.65. The largest absolute Gasteiger partial charge is 0.394 e. The molecule has 3 unspecified atom stereocenters. The molecular formula is C14H28N2O2. The molecule has 0 radical (unpaired) electrons. The van der Waals surface area contributed by atoms with E-state index in [2.05, 4.69) is 19.2 Å². The second-order valence-electron chi connectivity index (χ2n) is 6.07. The van der Waals surface area contributed by atoms with Crippen molar-refractivity contribution in [3.8, 4) is 0 Å². The molecule has 106 valence electrons. The Bertz CT molecular complexity index is 248. The molecule has 1 aliphatic rings. The number of aliphatic hydroxyl groups excluding tert-OH is 1. The van der Waals surface area contributed by atoms with E-state index in [1.54, 1.807) is 0 Å². The van der Waals surface area contributed by atoms with Crippen molar-refractivity contribution in [2.45, 2.75) is 64.5 Å². The lowest BCUT2D eigenvalue weighted by molar-refractivity contribution is -0.123. The molecule has 1 aliphatic carbocycles. The quantitative estimate of drug-likeness (QED) is 0.672. The topological polar surface area (TPSA) is 75.3 Å². The van der Waals surface area contributed by atoms with E-state index in [-0.39, 0.29) is 24.6 Å². The van der Waals surface area contributed by atoms with Crippen molar-refractivity contribution in [2.24, 2.45) is 17.6 Å². The molecule has 0 aromatic rings. The molecule has 0 heterocycles. The number of rotatable bonds is 6. The molecule has 4 nitrogen and oxygen atoms in total. The fourth-order valence-electron chi connectivity index (χ4n) is 2.81. The van der Waals surface area contributed by atoms with E-state index >= 15 is 0 Å². The number of carbonyl (C=O) groups is 1. The van der Waals surface area contributed by atoms with Crippen molar-refractivity contribution in [2.75, 3.05) is 6.61 Å². The van der Waals surface area contributed by atoms with Crippen molar-refractivity contribution < 1.29 is 9.90 Å². The summed E-state index contributed by atoms with van der Waals surface area (Å²) in [7, 11) is 0. The standard InChI is InChI=1S/C14H28N2O2/c1-10(2)6-13(9-17)16-14(18)8-11-4-3-5-12(15)7-11/h10-13,17H,3-9,15H2,1-2H3,(H,16,18). The number of nitrogens with two attached hydrogens (primary N) is 1. The molecule has 0 aliphatic heterocycles. The van der Waals surface area contributed by atoms with Crippen LogP contribution in [0, 0.1) is 11.8 Å². The predicted octanol–water partition coefficient (Wildman–Crippen LogP) is 1.42. The molecule has 0 bridgehead atoms. The van der Waals surface area contributed by atoms with E-state index in [1.807, 2.05) is 0 Å². The van der Waals surface area contributed by atoms with Crippen molar-refractivity contribution in [1.29, 1.82) is 0 Å². The first-order valence-corrected chi connectivity index (χ1v) is 7.17. The van der Waals surface area contributed by atoms with Crippen LogP contribution in [0.2, 0.25) is 0 Å². The fraction of sp³-hybridized carbons (Fsp3) is 0.929. The summed E-state index contributed by atoms with van der Waals surface area (Å²) >= 11 is 0. The summed E-state index contributed by atoms with van der Waals surface area (Å²) in [4.78, 5) is 11.9. The summed E-state index contributed by atoms with van der Waals surface area (Å²) in [6, 6.07) is 0.163. The van der Waals surface area contributed by atoms with Gasteiger partial charge in [-0.2, -0.15) is 0 Å². The van der Waals surface area contributed by atoms with E-state index in [1.165, 1.54) is 0 Å². The highest BCUT2D eigenvalue weighted by molar-refractivity contribution is 5.76. The molecule has 1 amide bonds. The summed E-state index contributed by atoms with van der Waals surface area (Å²) in [5.74, 6) is 0.964. The van der Waals surface area contributed by atoms with Crippen LogP contribution in [-0.2, 0) is 4.79 Å². The molecule has 3 atom stereocenters. The highest BCUT2D eigenvalue weighted by Crippen LogP contribution is 2.25. The first kappa shape index (κ1) is 15.4. The van der Waals surface area contributed by atoms with Crippen LogP contribution in [-0.4, -0.2) is 29.7 Å². The molecule has 1 rings (SSSR count). The Morgan fingerprint density at radius 2 is 2.17 bits per heavy atom. The Balaban J connectivity index is 2.30. The molecule has 18 heavy (non-hydrogen) atoms. The molecule has 0 saturated heterocycles. The van der Waals surface area contributed by atoms with E-state index in [0.717, 1.165) is 32.1 Å². The van der Waals surface area contributed by atoms with Crippen LogP contribution < -0.4 is 11.1 Å². The third-order valence-corrected chi connectivity index (χ3v) is 3.64. The average Bonchev–Trinajstić information content (AvgIpc) is 2.27. The van der Waals surface area contributed by atoms with Crippen molar-refractivity contribution in [3.63, 3.8) is 0 Å². The second-order valence-corrected chi connectivity index (χ2v) is 6.07. The van der Waals surface area contributed by atoms with Gasteiger partial charge in [0, 0.05) is 12.5 Å². The number of carbonyl (C=O) groups excluding carboxylic acids is 1. The zero-order valence-corrected chi connectivity index (χ0v) is 11.7. The second kappa shape index (κ2) is 7.74. The molecule has 1 fully saturated rings. The maximum Gasteiger partial charge on any atom is 0.220 e. The zero-order chi connectivity index (χ0) is 13.5. The number of hydrogen-bond donors (Lipinski definition) is 3. The zero-order valence-electron chi connectivity index (χ0n) is 11.7. The molecule has 0 aromatic heterocycles. The van der Waals surface area contributed by atoms with E-state index in [0.29, 0.717) is 18.3 Å². The molecule has 4 N–H and O–H groups in total. The minimum Gasteiger partial charge on any atom is -0.394 e. The van der Waals surface area contributed by atoms with E-state index < -0.39 is 0 Å². The van der Waals surface area contributed by atoms with E-state index in [4.69, 9.17) is 5.73 Å². The number of amides is 1. The van der Waals surface area contributed by atoms with Gasteiger partial charge in [-0.15, -0.1) is 0 Å². The summed E-state index contributed by atoms with van der Waals surface area (Å²) in [5.41, 5.74) is 5.92. The monoisotopic (exact) mass is 256 g/mol. The van der Waals surface area contributed by atoms with Crippen LogP contribution >= 0.6 is 0 Å².